The van der Waals surface area contributed by atoms with Crippen molar-refractivity contribution in [1.82, 2.24) is 24.7 Å². The Balaban J connectivity index is 1.73. The van der Waals surface area contributed by atoms with Crippen molar-refractivity contribution in [2.24, 2.45) is 7.05 Å². The third-order valence-electron chi connectivity index (χ3n) is 2.98. The molecule has 8 nitrogen and oxygen atoms in total. The van der Waals surface area contributed by atoms with Gasteiger partial charge in [-0.25, -0.2) is 8.78 Å². The second-order valence-electron chi connectivity index (χ2n) is 4.74. The van der Waals surface area contributed by atoms with Gasteiger partial charge in [-0.3, -0.25) is 14.2 Å². The highest BCUT2D eigenvalue weighted by Crippen LogP contribution is 2.25. The van der Waals surface area contributed by atoms with Gasteiger partial charge in [0.25, 0.3) is 12.3 Å². The summed E-state index contributed by atoms with van der Waals surface area (Å²) in [6.07, 6.45) is 1.84. The highest BCUT2D eigenvalue weighted by atomic mass is 19.3. The molecule has 0 aliphatic carbocycles. The lowest BCUT2D eigenvalue weighted by molar-refractivity contribution is 0.101. The van der Waals surface area contributed by atoms with Crippen molar-refractivity contribution < 1.29 is 18.1 Å². The molecule has 0 spiro atoms. The maximum Gasteiger partial charge on any atom is 0.284 e. The number of carbonyl (C=O) groups excluding carboxylic acids is 1. The number of hydrogen-bond donors (Lipinski definition) is 1. The van der Waals surface area contributed by atoms with Gasteiger partial charge < -0.3 is 9.84 Å². The summed E-state index contributed by atoms with van der Waals surface area (Å²) in [5, 5.41) is 13.6. The summed E-state index contributed by atoms with van der Waals surface area (Å²) in [7, 11) is 1.49. The first-order valence-electron chi connectivity index (χ1n) is 6.59. The summed E-state index contributed by atoms with van der Waals surface area (Å²) in [5.74, 6) is -0.241. The second kappa shape index (κ2) is 5.99. The smallest absolute Gasteiger partial charge is 0.284 e. The average Bonchev–Trinajstić information content (AvgIpc) is 3.20. The van der Waals surface area contributed by atoms with Crippen LogP contribution in [0.2, 0.25) is 0 Å². The Kier molecular flexibility index (Phi) is 3.87. The van der Waals surface area contributed by atoms with E-state index in [9.17, 15) is 13.6 Å². The zero-order valence-electron chi connectivity index (χ0n) is 12.0. The highest BCUT2D eigenvalue weighted by Gasteiger charge is 2.21. The van der Waals surface area contributed by atoms with E-state index < -0.39 is 18.0 Å². The lowest BCUT2D eigenvalue weighted by Gasteiger charge is -2.01. The van der Waals surface area contributed by atoms with Crippen LogP contribution >= 0.6 is 0 Å². The first-order chi connectivity index (χ1) is 11.0. The SMILES string of the molecule is Cn1cc(NC(=O)c2cc(Cn3cccn3)on2)c(C(F)F)n1. The van der Waals surface area contributed by atoms with Gasteiger partial charge >= 0.3 is 0 Å². The average molecular weight is 322 g/mol. The molecule has 3 aromatic rings. The van der Waals surface area contributed by atoms with Gasteiger partial charge in [-0.1, -0.05) is 5.16 Å². The molecule has 0 aliphatic heterocycles. The Morgan fingerprint density at radius 3 is 3.00 bits per heavy atom. The van der Waals surface area contributed by atoms with E-state index in [2.05, 4.69) is 20.7 Å². The van der Waals surface area contributed by atoms with E-state index in [1.165, 1.54) is 24.0 Å². The molecule has 3 rings (SSSR count). The number of nitrogens with zero attached hydrogens (tertiary/aromatic N) is 5. The summed E-state index contributed by atoms with van der Waals surface area (Å²) >= 11 is 0. The minimum absolute atomic E-state index is 0.0174. The first-order valence-corrected chi connectivity index (χ1v) is 6.59. The molecule has 1 amide bonds. The van der Waals surface area contributed by atoms with E-state index in [0.29, 0.717) is 12.3 Å². The van der Waals surface area contributed by atoms with Gasteiger partial charge in [-0.05, 0) is 6.07 Å². The molecule has 3 aromatic heterocycles. The van der Waals surface area contributed by atoms with Crippen LogP contribution in [-0.4, -0.2) is 30.6 Å². The van der Waals surface area contributed by atoms with Crippen LogP contribution in [0.5, 0.6) is 0 Å². The molecule has 120 valence electrons. The fourth-order valence-electron chi connectivity index (χ4n) is 2.00. The van der Waals surface area contributed by atoms with E-state index >= 15 is 0 Å². The molecule has 0 fully saturated rings. The van der Waals surface area contributed by atoms with Gasteiger partial charge in [0.05, 0.1) is 5.69 Å². The van der Waals surface area contributed by atoms with Crippen LogP contribution in [0, 0.1) is 0 Å². The Labute approximate surface area is 128 Å². The molecule has 0 atom stereocenters. The number of nitrogens with one attached hydrogen (secondary N) is 1. The van der Waals surface area contributed by atoms with Crippen molar-refractivity contribution in [2.45, 2.75) is 13.0 Å². The highest BCUT2D eigenvalue weighted by molar-refractivity contribution is 6.03. The summed E-state index contributed by atoms with van der Waals surface area (Å²) in [6.45, 7) is 0.308. The van der Waals surface area contributed by atoms with Gasteiger partial charge in [0, 0.05) is 31.7 Å². The van der Waals surface area contributed by atoms with Crippen LogP contribution in [0.15, 0.2) is 35.2 Å². The fourth-order valence-corrected chi connectivity index (χ4v) is 2.00. The second-order valence-corrected chi connectivity index (χ2v) is 4.74. The molecule has 0 radical (unpaired) electrons. The molecule has 0 saturated heterocycles. The van der Waals surface area contributed by atoms with Crippen LogP contribution in [0.3, 0.4) is 0 Å². The van der Waals surface area contributed by atoms with Crippen LogP contribution in [0.1, 0.15) is 28.4 Å². The van der Waals surface area contributed by atoms with Crippen molar-refractivity contribution in [3.05, 3.63) is 47.9 Å². The van der Waals surface area contributed by atoms with Crippen molar-refractivity contribution in [3.8, 4) is 0 Å². The Morgan fingerprint density at radius 1 is 1.48 bits per heavy atom. The van der Waals surface area contributed by atoms with Crippen molar-refractivity contribution >= 4 is 11.6 Å². The summed E-state index contributed by atoms with van der Waals surface area (Å²) in [5.41, 5.74) is -0.582. The number of alkyl halides is 2. The number of carbonyl (C=O) groups is 1. The molecular formula is C13H12F2N6O2. The molecule has 0 aliphatic rings. The van der Waals surface area contributed by atoms with E-state index in [1.54, 1.807) is 23.1 Å². The monoisotopic (exact) mass is 322 g/mol. The number of anilines is 1. The molecule has 1 N–H and O–H groups in total. The predicted molar refractivity (Wildman–Crippen MR) is 74.0 cm³/mol. The molecular weight excluding hydrogens is 310 g/mol. The van der Waals surface area contributed by atoms with Crippen molar-refractivity contribution in [3.63, 3.8) is 0 Å². The number of rotatable bonds is 5. The number of amides is 1. The predicted octanol–water partition coefficient (Wildman–Crippen LogP) is 1.84. The minimum Gasteiger partial charge on any atom is -0.359 e. The topological polar surface area (TPSA) is 90.8 Å². The maximum absolute atomic E-state index is 12.8. The largest absolute Gasteiger partial charge is 0.359 e. The molecule has 0 aromatic carbocycles. The zero-order valence-corrected chi connectivity index (χ0v) is 12.0. The first kappa shape index (κ1) is 14.9. The Bertz CT molecular complexity index is 808. The van der Waals surface area contributed by atoms with E-state index in [1.807, 2.05) is 0 Å². The van der Waals surface area contributed by atoms with Crippen LogP contribution in [-0.2, 0) is 13.6 Å². The van der Waals surface area contributed by atoms with Gasteiger partial charge in [-0.15, -0.1) is 0 Å². The third kappa shape index (κ3) is 3.25. The Morgan fingerprint density at radius 2 is 2.30 bits per heavy atom. The van der Waals surface area contributed by atoms with E-state index in [0.717, 1.165) is 0 Å². The van der Waals surface area contributed by atoms with Crippen molar-refractivity contribution in [2.75, 3.05) is 5.32 Å². The number of aromatic nitrogens is 5. The van der Waals surface area contributed by atoms with Gasteiger partial charge in [0.2, 0.25) is 0 Å². The van der Waals surface area contributed by atoms with Crippen LogP contribution in [0.25, 0.3) is 0 Å². The quantitative estimate of drug-likeness (QED) is 0.774. The van der Waals surface area contributed by atoms with Crippen LogP contribution < -0.4 is 5.32 Å². The molecule has 0 unspecified atom stereocenters. The van der Waals surface area contributed by atoms with E-state index in [4.69, 9.17) is 4.52 Å². The van der Waals surface area contributed by atoms with E-state index in [-0.39, 0.29) is 11.4 Å². The number of aryl methyl sites for hydroxylation is 1. The summed E-state index contributed by atoms with van der Waals surface area (Å²) < 4.78 is 33.5. The summed E-state index contributed by atoms with van der Waals surface area (Å²) in [6, 6.07) is 3.17. The fraction of sp³-hybridized carbons (Fsp3) is 0.231. The lowest BCUT2D eigenvalue weighted by atomic mass is 10.3. The molecule has 10 heteroatoms. The van der Waals surface area contributed by atoms with Gasteiger partial charge in [0.15, 0.2) is 17.1 Å². The normalized spacial score (nSPS) is 11.1. The molecule has 23 heavy (non-hydrogen) atoms. The Hall–Kier alpha value is -3.04. The zero-order chi connectivity index (χ0) is 16.4. The minimum atomic E-state index is -2.79. The van der Waals surface area contributed by atoms with Gasteiger partial charge in [-0.2, -0.15) is 10.2 Å². The number of halogens is 2. The number of hydrogen-bond acceptors (Lipinski definition) is 5. The molecule has 3 heterocycles. The van der Waals surface area contributed by atoms with Crippen molar-refractivity contribution in [1.29, 1.82) is 0 Å². The molecule has 0 saturated carbocycles. The van der Waals surface area contributed by atoms with Crippen LogP contribution in [0.4, 0.5) is 14.5 Å². The third-order valence-corrected chi connectivity index (χ3v) is 2.98. The standard InChI is InChI=1S/C13H12F2N6O2/c1-20-7-10(11(18-20)12(14)15)17-13(22)9-5-8(23-19-9)6-21-4-2-3-16-21/h2-5,7,12H,6H2,1H3,(H,17,22). The lowest BCUT2D eigenvalue weighted by Crippen LogP contribution is -2.13. The van der Waals surface area contributed by atoms with Gasteiger partial charge in [0.1, 0.15) is 6.54 Å². The molecule has 0 bridgehead atoms. The summed E-state index contributed by atoms with van der Waals surface area (Å²) in [4.78, 5) is 12.1. The maximum atomic E-state index is 12.8.